The molecule has 76 valence electrons. The quantitative estimate of drug-likeness (QED) is 0.505. The second kappa shape index (κ2) is 2.26. The SMILES string of the molecule is O=C1CC2(CC2)C(C(=O)O)(C(=O)O)N1. The van der Waals surface area contributed by atoms with E-state index in [9.17, 15) is 14.4 Å². The third-order valence-corrected chi connectivity index (χ3v) is 3.12. The van der Waals surface area contributed by atoms with Gasteiger partial charge in [0, 0.05) is 11.8 Å². The average Bonchev–Trinajstić information content (AvgIpc) is 2.71. The molecular formula is C8H9NO5. The number of carbonyl (C=O) groups is 3. The molecule has 0 radical (unpaired) electrons. The van der Waals surface area contributed by atoms with E-state index >= 15 is 0 Å². The van der Waals surface area contributed by atoms with Crippen LogP contribution in [-0.4, -0.2) is 33.6 Å². The number of carboxylic acid groups (broad SMARTS) is 2. The summed E-state index contributed by atoms with van der Waals surface area (Å²) >= 11 is 0. The molecule has 1 aliphatic heterocycles. The van der Waals surface area contributed by atoms with Gasteiger partial charge in [-0.2, -0.15) is 0 Å². The molecule has 6 nitrogen and oxygen atoms in total. The maximum atomic E-state index is 11.1. The summed E-state index contributed by atoms with van der Waals surface area (Å²) in [5, 5.41) is 19.9. The maximum absolute atomic E-state index is 11.1. The smallest absolute Gasteiger partial charge is 0.341 e. The van der Waals surface area contributed by atoms with Gasteiger partial charge in [-0.3, -0.25) is 4.79 Å². The number of aliphatic carboxylic acids is 2. The third kappa shape index (κ3) is 0.779. The molecule has 2 aliphatic rings. The van der Waals surface area contributed by atoms with Crippen molar-refractivity contribution < 1.29 is 24.6 Å². The monoisotopic (exact) mass is 199 g/mol. The largest absolute Gasteiger partial charge is 0.479 e. The fraction of sp³-hybridized carbons (Fsp3) is 0.625. The van der Waals surface area contributed by atoms with Crippen molar-refractivity contribution in [3.05, 3.63) is 0 Å². The molecule has 0 bridgehead atoms. The Balaban J connectivity index is 2.50. The standard InChI is InChI=1S/C8H9NO5/c10-4-3-7(1-2-7)8(9-4,5(11)12)6(13)14/h1-3H2,(H,9,10)(H,11,12)(H,13,14). The molecule has 1 heterocycles. The van der Waals surface area contributed by atoms with E-state index in [1.54, 1.807) is 0 Å². The number of hydrogen-bond acceptors (Lipinski definition) is 3. The minimum absolute atomic E-state index is 0.00556. The van der Waals surface area contributed by atoms with E-state index in [2.05, 4.69) is 5.32 Å². The molecule has 0 atom stereocenters. The Bertz CT molecular complexity index is 330. The zero-order chi connectivity index (χ0) is 10.6. The lowest BCUT2D eigenvalue weighted by Gasteiger charge is -2.25. The molecule has 6 heteroatoms. The third-order valence-electron chi connectivity index (χ3n) is 3.12. The van der Waals surface area contributed by atoms with Crippen molar-refractivity contribution in [2.75, 3.05) is 0 Å². The van der Waals surface area contributed by atoms with Crippen LogP contribution in [0, 0.1) is 5.41 Å². The van der Waals surface area contributed by atoms with Crippen LogP contribution in [0.25, 0.3) is 0 Å². The van der Waals surface area contributed by atoms with E-state index in [0.29, 0.717) is 12.8 Å². The van der Waals surface area contributed by atoms with Crippen molar-refractivity contribution in [3.63, 3.8) is 0 Å². The van der Waals surface area contributed by atoms with Crippen molar-refractivity contribution >= 4 is 17.8 Å². The van der Waals surface area contributed by atoms with Crippen molar-refractivity contribution in [2.24, 2.45) is 5.41 Å². The van der Waals surface area contributed by atoms with E-state index in [1.807, 2.05) is 0 Å². The number of carboxylic acids is 2. The first-order chi connectivity index (χ1) is 6.44. The second-order valence-corrected chi connectivity index (χ2v) is 3.87. The van der Waals surface area contributed by atoms with Gasteiger partial charge in [-0.05, 0) is 12.8 Å². The van der Waals surface area contributed by atoms with Crippen LogP contribution in [0.4, 0.5) is 0 Å². The molecule has 1 aliphatic carbocycles. The topological polar surface area (TPSA) is 104 Å². The molecule has 0 aromatic heterocycles. The van der Waals surface area contributed by atoms with Crippen molar-refractivity contribution in [1.29, 1.82) is 0 Å². The van der Waals surface area contributed by atoms with Crippen LogP contribution in [0.2, 0.25) is 0 Å². The summed E-state index contributed by atoms with van der Waals surface area (Å²) < 4.78 is 0. The van der Waals surface area contributed by atoms with Crippen LogP contribution >= 0.6 is 0 Å². The van der Waals surface area contributed by atoms with Crippen LogP contribution < -0.4 is 5.32 Å². The molecule has 0 unspecified atom stereocenters. The Morgan fingerprint density at radius 2 is 1.71 bits per heavy atom. The maximum Gasteiger partial charge on any atom is 0.341 e. The number of hydrogen-bond donors (Lipinski definition) is 3. The Morgan fingerprint density at radius 1 is 1.21 bits per heavy atom. The van der Waals surface area contributed by atoms with Gasteiger partial charge >= 0.3 is 11.9 Å². The van der Waals surface area contributed by atoms with Crippen molar-refractivity contribution in [3.8, 4) is 0 Å². The summed E-state index contributed by atoms with van der Waals surface area (Å²) in [5.41, 5.74) is -2.98. The Labute approximate surface area is 78.9 Å². The van der Waals surface area contributed by atoms with Gasteiger partial charge in [0.1, 0.15) is 0 Å². The van der Waals surface area contributed by atoms with E-state index in [-0.39, 0.29) is 6.42 Å². The predicted molar refractivity (Wildman–Crippen MR) is 42.4 cm³/mol. The van der Waals surface area contributed by atoms with Gasteiger partial charge in [-0.15, -0.1) is 0 Å². The first-order valence-corrected chi connectivity index (χ1v) is 4.22. The lowest BCUT2D eigenvalue weighted by molar-refractivity contribution is -0.162. The molecule has 1 spiro atoms. The molecule has 14 heavy (non-hydrogen) atoms. The van der Waals surface area contributed by atoms with Gasteiger partial charge in [0.15, 0.2) is 0 Å². The molecule has 3 N–H and O–H groups in total. The minimum Gasteiger partial charge on any atom is -0.479 e. The molecule has 0 aromatic rings. The molecule has 1 amide bonds. The van der Waals surface area contributed by atoms with E-state index < -0.39 is 28.8 Å². The summed E-state index contributed by atoms with van der Waals surface area (Å²) in [4.78, 5) is 33.0. The summed E-state index contributed by atoms with van der Waals surface area (Å²) in [5.74, 6) is -3.45. The molecule has 1 saturated heterocycles. The lowest BCUT2D eigenvalue weighted by atomic mass is 9.82. The summed E-state index contributed by atoms with van der Waals surface area (Å²) in [6, 6.07) is 0. The highest BCUT2D eigenvalue weighted by Gasteiger charge is 2.73. The van der Waals surface area contributed by atoms with Gasteiger partial charge in [0.2, 0.25) is 11.4 Å². The normalized spacial score (nSPS) is 25.9. The number of nitrogens with one attached hydrogen (secondary N) is 1. The lowest BCUT2D eigenvalue weighted by Crippen LogP contribution is -2.60. The zero-order valence-electron chi connectivity index (χ0n) is 7.24. The first kappa shape index (κ1) is 8.98. The predicted octanol–water partition coefficient (Wildman–Crippen LogP) is -0.805. The van der Waals surface area contributed by atoms with E-state index in [1.165, 1.54) is 0 Å². The van der Waals surface area contributed by atoms with Crippen molar-refractivity contribution in [1.82, 2.24) is 5.32 Å². The molecular weight excluding hydrogens is 190 g/mol. The van der Waals surface area contributed by atoms with Crippen LogP contribution in [0.3, 0.4) is 0 Å². The minimum atomic E-state index is -2.09. The number of rotatable bonds is 2. The van der Waals surface area contributed by atoms with Crippen LogP contribution in [-0.2, 0) is 14.4 Å². The van der Waals surface area contributed by atoms with Gasteiger partial charge in [-0.1, -0.05) is 0 Å². The highest BCUT2D eigenvalue weighted by Crippen LogP contribution is 2.59. The highest BCUT2D eigenvalue weighted by molar-refractivity contribution is 6.10. The Morgan fingerprint density at radius 3 is 2.00 bits per heavy atom. The van der Waals surface area contributed by atoms with Crippen LogP contribution in [0.5, 0.6) is 0 Å². The number of carbonyl (C=O) groups excluding carboxylic acids is 1. The van der Waals surface area contributed by atoms with Crippen molar-refractivity contribution in [2.45, 2.75) is 24.8 Å². The summed E-state index contributed by atoms with van der Waals surface area (Å²) in [6.45, 7) is 0. The summed E-state index contributed by atoms with van der Waals surface area (Å²) in [7, 11) is 0. The fourth-order valence-electron chi connectivity index (χ4n) is 2.18. The molecule has 1 saturated carbocycles. The molecule has 2 rings (SSSR count). The van der Waals surface area contributed by atoms with Crippen LogP contribution in [0.15, 0.2) is 0 Å². The van der Waals surface area contributed by atoms with Crippen LogP contribution in [0.1, 0.15) is 19.3 Å². The molecule has 2 fully saturated rings. The van der Waals surface area contributed by atoms with Gasteiger partial charge < -0.3 is 15.5 Å². The van der Waals surface area contributed by atoms with E-state index in [4.69, 9.17) is 10.2 Å². The second-order valence-electron chi connectivity index (χ2n) is 3.87. The van der Waals surface area contributed by atoms with E-state index in [0.717, 1.165) is 0 Å². The highest BCUT2D eigenvalue weighted by atomic mass is 16.4. The molecule has 0 aromatic carbocycles. The number of amides is 1. The Kier molecular flexibility index (Phi) is 1.45. The Hall–Kier alpha value is -1.59. The fourth-order valence-corrected chi connectivity index (χ4v) is 2.18. The first-order valence-electron chi connectivity index (χ1n) is 4.22. The average molecular weight is 199 g/mol. The van der Waals surface area contributed by atoms with Gasteiger partial charge in [0.25, 0.3) is 0 Å². The summed E-state index contributed by atoms with van der Waals surface area (Å²) in [6.07, 6.45) is 0.959. The zero-order valence-corrected chi connectivity index (χ0v) is 7.24. The van der Waals surface area contributed by atoms with Gasteiger partial charge in [-0.25, -0.2) is 9.59 Å². The van der Waals surface area contributed by atoms with Gasteiger partial charge in [0.05, 0.1) is 0 Å².